The fourth-order valence-electron chi connectivity index (χ4n) is 4.49. The maximum absolute atomic E-state index is 5.97. The monoisotopic (exact) mass is 537 g/mol. The van der Waals surface area contributed by atoms with Gasteiger partial charge >= 0.3 is 17.6 Å². The zero-order valence-electron chi connectivity index (χ0n) is 24.3. The molecule has 0 bridgehead atoms. The zero-order valence-corrected chi connectivity index (χ0v) is 26.3. The normalized spacial score (nSPS) is 12.7. The Morgan fingerprint density at radius 2 is 0.686 bits per heavy atom. The number of rotatable bonds is 27. The first-order chi connectivity index (χ1) is 17.0. The molecule has 0 radical (unpaired) electrons. The maximum atomic E-state index is 5.97. The Balaban J connectivity index is 4.10. The van der Waals surface area contributed by atoms with E-state index in [1.165, 1.54) is 51.6 Å². The van der Waals surface area contributed by atoms with Crippen molar-refractivity contribution in [2.24, 2.45) is 0 Å². The van der Waals surface area contributed by atoms with E-state index in [0.717, 1.165) is 31.5 Å². The minimum Gasteiger partial charge on any atom is -0.374 e. The summed E-state index contributed by atoms with van der Waals surface area (Å²) in [6.45, 7) is 21.9. The highest BCUT2D eigenvalue weighted by molar-refractivity contribution is 6.61. The highest BCUT2D eigenvalue weighted by Gasteiger charge is 2.40. The molecular weight excluding hydrogens is 478 g/mol. The SMILES string of the molecule is CCO[Si](CCCCCCN(CC)CCCCCC[Si](OCC)(OCC)OCC)(OCC)OCC. The van der Waals surface area contributed by atoms with Crippen molar-refractivity contribution in [1.29, 1.82) is 0 Å². The van der Waals surface area contributed by atoms with E-state index in [1.54, 1.807) is 0 Å². The summed E-state index contributed by atoms with van der Waals surface area (Å²) in [5.41, 5.74) is 0. The van der Waals surface area contributed by atoms with Crippen LogP contribution in [-0.2, 0) is 26.6 Å². The average molecular weight is 538 g/mol. The third-order valence-corrected chi connectivity index (χ3v) is 12.4. The van der Waals surface area contributed by atoms with E-state index in [4.69, 9.17) is 26.6 Å². The first-order valence-electron chi connectivity index (χ1n) is 14.6. The molecule has 0 aliphatic carbocycles. The smallest absolute Gasteiger partial charge is 0.374 e. The van der Waals surface area contributed by atoms with Gasteiger partial charge in [-0.15, -0.1) is 0 Å². The van der Waals surface area contributed by atoms with Crippen LogP contribution in [0.15, 0.2) is 0 Å². The van der Waals surface area contributed by atoms with Gasteiger partial charge in [0.2, 0.25) is 0 Å². The molecule has 0 aromatic carbocycles. The summed E-state index contributed by atoms with van der Waals surface area (Å²) < 4.78 is 35.8. The van der Waals surface area contributed by atoms with Gasteiger partial charge in [0.05, 0.1) is 0 Å². The van der Waals surface area contributed by atoms with E-state index < -0.39 is 17.6 Å². The van der Waals surface area contributed by atoms with Gasteiger partial charge in [0.15, 0.2) is 0 Å². The largest absolute Gasteiger partial charge is 0.500 e. The highest BCUT2D eigenvalue weighted by atomic mass is 28.4. The molecule has 35 heavy (non-hydrogen) atoms. The van der Waals surface area contributed by atoms with E-state index in [9.17, 15) is 0 Å². The Labute approximate surface area is 220 Å². The Morgan fingerprint density at radius 1 is 0.400 bits per heavy atom. The summed E-state index contributed by atoms with van der Waals surface area (Å²) in [7, 11) is -4.94. The van der Waals surface area contributed by atoms with E-state index in [0.29, 0.717) is 39.6 Å². The predicted molar refractivity (Wildman–Crippen MR) is 150 cm³/mol. The molecule has 0 aromatic heterocycles. The van der Waals surface area contributed by atoms with Crippen molar-refractivity contribution < 1.29 is 26.6 Å². The van der Waals surface area contributed by atoms with Gasteiger partial charge in [-0.05, 0) is 86.9 Å². The second-order valence-corrected chi connectivity index (χ2v) is 14.2. The van der Waals surface area contributed by atoms with Crippen LogP contribution in [0.5, 0.6) is 0 Å². The van der Waals surface area contributed by atoms with E-state index in [1.807, 2.05) is 41.5 Å². The lowest BCUT2D eigenvalue weighted by Crippen LogP contribution is -2.45. The van der Waals surface area contributed by atoms with Gasteiger partial charge in [-0.2, -0.15) is 0 Å². The number of unbranched alkanes of at least 4 members (excludes halogenated alkanes) is 6. The van der Waals surface area contributed by atoms with Crippen LogP contribution in [-0.4, -0.2) is 81.8 Å². The second-order valence-electron chi connectivity index (χ2n) is 8.73. The van der Waals surface area contributed by atoms with Gasteiger partial charge in [0.1, 0.15) is 0 Å². The number of hydrogen-bond acceptors (Lipinski definition) is 7. The minimum absolute atomic E-state index is 0.659. The highest BCUT2D eigenvalue weighted by Crippen LogP contribution is 2.21. The van der Waals surface area contributed by atoms with Crippen LogP contribution in [0.2, 0.25) is 12.1 Å². The van der Waals surface area contributed by atoms with Crippen molar-refractivity contribution in [3.8, 4) is 0 Å². The van der Waals surface area contributed by atoms with Crippen LogP contribution in [0.1, 0.15) is 99.8 Å². The summed E-state index contributed by atoms with van der Waals surface area (Å²) in [4.78, 5) is 2.60. The molecule has 0 heterocycles. The molecule has 0 aliphatic rings. The maximum Gasteiger partial charge on any atom is 0.500 e. The molecule has 9 heteroatoms. The quantitative estimate of drug-likeness (QED) is 0.0872. The average Bonchev–Trinajstić information content (AvgIpc) is 2.83. The predicted octanol–water partition coefficient (Wildman–Crippen LogP) is 6.53. The second kappa shape index (κ2) is 23.3. The Hall–Kier alpha value is 0.154. The molecule has 0 rings (SSSR count). The Bertz CT molecular complexity index is 390. The lowest BCUT2D eigenvalue weighted by molar-refractivity contribution is 0.0698. The number of hydrogen-bond donors (Lipinski definition) is 0. The summed E-state index contributed by atoms with van der Waals surface area (Å²) in [5, 5.41) is 0. The van der Waals surface area contributed by atoms with Gasteiger partial charge in [-0.3, -0.25) is 0 Å². The van der Waals surface area contributed by atoms with E-state index in [-0.39, 0.29) is 0 Å². The van der Waals surface area contributed by atoms with Gasteiger partial charge in [0.25, 0.3) is 0 Å². The molecule has 0 N–H and O–H groups in total. The summed E-state index contributed by atoms with van der Waals surface area (Å²) in [6, 6.07) is 1.86. The molecule has 0 saturated heterocycles. The minimum atomic E-state index is -2.47. The van der Waals surface area contributed by atoms with Gasteiger partial charge in [0, 0.05) is 51.7 Å². The van der Waals surface area contributed by atoms with Crippen molar-refractivity contribution in [1.82, 2.24) is 4.90 Å². The van der Waals surface area contributed by atoms with E-state index in [2.05, 4.69) is 11.8 Å². The van der Waals surface area contributed by atoms with Crippen LogP contribution < -0.4 is 0 Å². The first-order valence-corrected chi connectivity index (χ1v) is 18.4. The van der Waals surface area contributed by atoms with Crippen LogP contribution in [0.4, 0.5) is 0 Å². The van der Waals surface area contributed by atoms with Crippen LogP contribution in [0.25, 0.3) is 0 Å². The topological polar surface area (TPSA) is 58.6 Å². The molecule has 0 aliphatic heterocycles. The molecule has 0 unspecified atom stereocenters. The molecule has 212 valence electrons. The van der Waals surface area contributed by atoms with Gasteiger partial charge in [-0.25, -0.2) is 0 Å². The standard InChI is InChI=1S/C26H59NO6Si2/c1-8-27(23-19-15-17-21-25-34(28-9-2,29-10-3)30-11-4)24-20-16-18-22-26-35(31-12-5,32-13-6)33-14-7/h8-26H2,1-7H3. The first kappa shape index (κ1) is 35.2. The molecule has 0 amide bonds. The Morgan fingerprint density at radius 3 is 0.943 bits per heavy atom. The summed E-state index contributed by atoms with van der Waals surface area (Å²) in [5.74, 6) is 0. The molecule has 0 saturated carbocycles. The Kier molecular flexibility index (Phi) is 23.4. The molecule has 0 atom stereocenters. The van der Waals surface area contributed by atoms with Crippen molar-refractivity contribution in [2.75, 3.05) is 59.3 Å². The molecule has 0 spiro atoms. The lowest BCUT2D eigenvalue weighted by atomic mass is 10.1. The molecular formula is C26H59NO6Si2. The summed E-state index contributed by atoms with van der Waals surface area (Å²) in [6.07, 6.45) is 9.68. The third kappa shape index (κ3) is 16.6. The van der Waals surface area contributed by atoms with Gasteiger partial charge in [-0.1, -0.05) is 32.6 Å². The van der Waals surface area contributed by atoms with Gasteiger partial charge < -0.3 is 31.5 Å². The van der Waals surface area contributed by atoms with Crippen molar-refractivity contribution in [2.45, 2.75) is 112 Å². The zero-order chi connectivity index (χ0) is 26.3. The lowest BCUT2D eigenvalue weighted by Gasteiger charge is -2.28. The van der Waals surface area contributed by atoms with Crippen LogP contribution >= 0.6 is 0 Å². The van der Waals surface area contributed by atoms with E-state index >= 15 is 0 Å². The van der Waals surface area contributed by atoms with Crippen molar-refractivity contribution in [3.05, 3.63) is 0 Å². The summed E-state index contributed by atoms with van der Waals surface area (Å²) >= 11 is 0. The molecule has 7 nitrogen and oxygen atoms in total. The fraction of sp³-hybridized carbons (Fsp3) is 1.00. The van der Waals surface area contributed by atoms with Crippen LogP contribution in [0.3, 0.4) is 0 Å². The van der Waals surface area contributed by atoms with Crippen LogP contribution in [0, 0.1) is 0 Å². The third-order valence-electron chi connectivity index (χ3n) is 6.05. The van der Waals surface area contributed by atoms with Crippen molar-refractivity contribution in [3.63, 3.8) is 0 Å². The molecule has 0 aromatic rings. The number of nitrogens with zero attached hydrogens (tertiary/aromatic N) is 1. The van der Waals surface area contributed by atoms with Crippen molar-refractivity contribution >= 4 is 17.6 Å². The fourth-order valence-corrected chi connectivity index (χ4v) is 9.86. The molecule has 0 fully saturated rings.